The van der Waals surface area contributed by atoms with Crippen LogP contribution in [0.3, 0.4) is 0 Å². The average Bonchev–Trinajstić information content (AvgIpc) is 3.53. The summed E-state index contributed by atoms with van der Waals surface area (Å²) in [4.78, 5) is 14.2. The van der Waals surface area contributed by atoms with Gasteiger partial charge in [-0.1, -0.05) is 17.7 Å². The second-order valence-electron chi connectivity index (χ2n) is 7.88. The Hall–Kier alpha value is -2.99. The van der Waals surface area contributed by atoms with Crippen LogP contribution in [0, 0.1) is 12.8 Å². The Morgan fingerprint density at radius 3 is 2.52 bits per heavy atom. The third-order valence-electron chi connectivity index (χ3n) is 5.43. The van der Waals surface area contributed by atoms with Crippen molar-refractivity contribution >= 4 is 17.5 Å². The molecule has 1 fully saturated rings. The first-order chi connectivity index (χ1) is 14.9. The maximum Gasteiger partial charge on any atom is 0.227 e. The number of carbonyl (C=O) groups excluding carboxylic acids is 1. The summed E-state index contributed by atoms with van der Waals surface area (Å²) in [6.07, 6.45) is 2.36. The SMILES string of the molecule is COc1ccc(Oc2c(CN(CC3CC3)C(C)=O)c(C)nn2-c2cccc(Cl)c2)cc1. The highest BCUT2D eigenvalue weighted by Crippen LogP contribution is 2.35. The standard InChI is InChI=1S/C24H26ClN3O3/c1-16-23(15-27(17(2)29)14-18-7-8-18)24(31-22-11-9-21(30-3)10-12-22)28(26-16)20-6-4-5-19(25)13-20/h4-6,9-13,18H,7-8,14-15H2,1-3H3. The molecule has 1 aliphatic carbocycles. The highest BCUT2D eigenvalue weighted by Gasteiger charge is 2.28. The molecule has 1 saturated carbocycles. The van der Waals surface area contributed by atoms with Crippen molar-refractivity contribution in [2.75, 3.05) is 13.7 Å². The molecule has 0 atom stereocenters. The summed E-state index contributed by atoms with van der Waals surface area (Å²) < 4.78 is 13.3. The molecule has 1 aliphatic rings. The number of aryl methyl sites for hydroxylation is 1. The number of rotatable bonds is 8. The van der Waals surface area contributed by atoms with Crippen molar-refractivity contribution in [2.45, 2.75) is 33.2 Å². The molecule has 2 aromatic carbocycles. The second kappa shape index (κ2) is 9.02. The van der Waals surface area contributed by atoms with Crippen LogP contribution in [0.2, 0.25) is 5.02 Å². The minimum absolute atomic E-state index is 0.0530. The van der Waals surface area contributed by atoms with Crippen molar-refractivity contribution in [1.29, 1.82) is 0 Å². The predicted octanol–water partition coefficient (Wildman–Crippen LogP) is 5.39. The zero-order valence-corrected chi connectivity index (χ0v) is 18.7. The third kappa shape index (κ3) is 5.02. The lowest BCUT2D eigenvalue weighted by Gasteiger charge is -2.21. The van der Waals surface area contributed by atoms with Crippen LogP contribution in [-0.4, -0.2) is 34.2 Å². The topological polar surface area (TPSA) is 56.6 Å². The predicted molar refractivity (Wildman–Crippen MR) is 120 cm³/mol. The summed E-state index contributed by atoms with van der Waals surface area (Å²) in [5.74, 6) is 2.63. The van der Waals surface area contributed by atoms with Crippen molar-refractivity contribution < 1.29 is 14.3 Å². The van der Waals surface area contributed by atoms with Crippen LogP contribution in [0.15, 0.2) is 48.5 Å². The fourth-order valence-corrected chi connectivity index (χ4v) is 3.66. The van der Waals surface area contributed by atoms with E-state index in [1.807, 2.05) is 60.4 Å². The second-order valence-corrected chi connectivity index (χ2v) is 8.32. The first kappa shape index (κ1) is 21.2. The molecule has 1 amide bonds. The Kier molecular flexibility index (Phi) is 6.18. The molecule has 0 spiro atoms. The molecule has 0 unspecified atom stereocenters. The highest BCUT2D eigenvalue weighted by atomic mass is 35.5. The van der Waals surface area contributed by atoms with E-state index in [1.54, 1.807) is 18.7 Å². The van der Waals surface area contributed by atoms with Gasteiger partial charge in [0, 0.05) is 18.5 Å². The van der Waals surface area contributed by atoms with E-state index in [4.69, 9.17) is 26.2 Å². The molecule has 0 aliphatic heterocycles. The maximum atomic E-state index is 12.3. The fraction of sp³-hybridized carbons (Fsp3) is 0.333. The summed E-state index contributed by atoms with van der Waals surface area (Å²) in [6.45, 7) is 4.76. The molecular formula is C24H26ClN3O3. The van der Waals surface area contributed by atoms with Gasteiger partial charge in [-0.05, 0) is 68.1 Å². The number of amides is 1. The van der Waals surface area contributed by atoms with E-state index < -0.39 is 0 Å². The first-order valence-corrected chi connectivity index (χ1v) is 10.7. The molecule has 162 valence electrons. The van der Waals surface area contributed by atoms with Crippen LogP contribution in [-0.2, 0) is 11.3 Å². The van der Waals surface area contributed by atoms with Crippen LogP contribution in [0.4, 0.5) is 0 Å². The van der Waals surface area contributed by atoms with E-state index in [0.717, 1.165) is 29.2 Å². The van der Waals surface area contributed by atoms with Crippen LogP contribution in [0.25, 0.3) is 5.69 Å². The van der Waals surface area contributed by atoms with Gasteiger partial charge in [-0.25, -0.2) is 4.68 Å². The van der Waals surface area contributed by atoms with E-state index in [9.17, 15) is 4.79 Å². The lowest BCUT2D eigenvalue weighted by molar-refractivity contribution is -0.129. The van der Waals surface area contributed by atoms with Gasteiger partial charge in [0.2, 0.25) is 11.8 Å². The zero-order chi connectivity index (χ0) is 22.0. The zero-order valence-electron chi connectivity index (χ0n) is 18.0. The number of nitrogens with zero attached hydrogens (tertiary/aromatic N) is 3. The summed E-state index contributed by atoms with van der Waals surface area (Å²) in [6, 6.07) is 14.8. The molecule has 3 aromatic rings. The quantitative estimate of drug-likeness (QED) is 0.472. The monoisotopic (exact) mass is 439 g/mol. The molecule has 0 radical (unpaired) electrons. The van der Waals surface area contributed by atoms with E-state index >= 15 is 0 Å². The van der Waals surface area contributed by atoms with Crippen LogP contribution in [0.1, 0.15) is 31.0 Å². The molecule has 1 heterocycles. The molecular weight excluding hydrogens is 414 g/mol. The summed E-state index contributed by atoms with van der Waals surface area (Å²) in [5, 5.41) is 5.34. The van der Waals surface area contributed by atoms with Gasteiger partial charge in [0.15, 0.2) is 0 Å². The third-order valence-corrected chi connectivity index (χ3v) is 5.67. The fourth-order valence-electron chi connectivity index (χ4n) is 3.47. The number of halogens is 1. The van der Waals surface area contributed by atoms with Gasteiger partial charge in [0.1, 0.15) is 11.5 Å². The van der Waals surface area contributed by atoms with Gasteiger partial charge in [0.05, 0.1) is 30.6 Å². The molecule has 31 heavy (non-hydrogen) atoms. The van der Waals surface area contributed by atoms with Gasteiger partial charge in [-0.15, -0.1) is 0 Å². The van der Waals surface area contributed by atoms with E-state index in [0.29, 0.717) is 29.1 Å². The number of methoxy groups -OCH3 is 1. The molecule has 6 nitrogen and oxygen atoms in total. The number of benzene rings is 2. The molecule has 7 heteroatoms. The smallest absolute Gasteiger partial charge is 0.227 e. The maximum absolute atomic E-state index is 12.3. The lowest BCUT2D eigenvalue weighted by Crippen LogP contribution is -2.30. The van der Waals surface area contributed by atoms with Gasteiger partial charge >= 0.3 is 0 Å². The van der Waals surface area contributed by atoms with E-state index in [-0.39, 0.29) is 5.91 Å². The van der Waals surface area contributed by atoms with Gasteiger partial charge < -0.3 is 14.4 Å². The summed E-state index contributed by atoms with van der Waals surface area (Å²) in [5.41, 5.74) is 2.49. The highest BCUT2D eigenvalue weighted by molar-refractivity contribution is 6.30. The van der Waals surface area contributed by atoms with Crippen molar-refractivity contribution in [3.63, 3.8) is 0 Å². The minimum atomic E-state index is 0.0530. The summed E-state index contributed by atoms with van der Waals surface area (Å²) >= 11 is 6.23. The average molecular weight is 440 g/mol. The largest absolute Gasteiger partial charge is 0.497 e. The number of ether oxygens (including phenoxy) is 2. The summed E-state index contributed by atoms with van der Waals surface area (Å²) in [7, 11) is 1.63. The van der Waals surface area contributed by atoms with Gasteiger partial charge in [0.25, 0.3) is 0 Å². The van der Waals surface area contributed by atoms with Crippen molar-refractivity contribution in [3.8, 4) is 23.1 Å². The first-order valence-electron chi connectivity index (χ1n) is 10.4. The Bertz CT molecular complexity index is 1070. The van der Waals surface area contributed by atoms with Crippen molar-refractivity contribution in [3.05, 3.63) is 64.8 Å². The van der Waals surface area contributed by atoms with Gasteiger partial charge in [-0.2, -0.15) is 5.10 Å². The Labute approximate surface area is 187 Å². The van der Waals surface area contributed by atoms with Crippen LogP contribution < -0.4 is 9.47 Å². The van der Waals surface area contributed by atoms with E-state index in [2.05, 4.69) is 0 Å². The molecule has 4 rings (SSSR count). The number of hydrogen-bond donors (Lipinski definition) is 0. The van der Waals surface area contributed by atoms with Crippen LogP contribution in [0.5, 0.6) is 17.4 Å². The molecule has 0 saturated heterocycles. The van der Waals surface area contributed by atoms with Crippen molar-refractivity contribution in [2.24, 2.45) is 5.92 Å². The van der Waals surface area contributed by atoms with Crippen LogP contribution >= 0.6 is 11.6 Å². The molecule has 0 N–H and O–H groups in total. The minimum Gasteiger partial charge on any atom is -0.497 e. The molecule has 0 bridgehead atoms. The van der Waals surface area contributed by atoms with Gasteiger partial charge in [-0.3, -0.25) is 4.79 Å². The molecule has 1 aromatic heterocycles. The van der Waals surface area contributed by atoms with Crippen molar-refractivity contribution in [1.82, 2.24) is 14.7 Å². The Morgan fingerprint density at radius 1 is 1.19 bits per heavy atom. The normalized spacial score (nSPS) is 13.2. The number of hydrogen-bond acceptors (Lipinski definition) is 4. The van der Waals surface area contributed by atoms with E-state index in [1.165, 1.54) is 12.8 Å². The lowest BCUT2D eigenvalue weighted by atomic mass is 10.2. The Morgan fingerprint density at radius 2 is 1.90 bits per heavy atom. The number of aromatic nitrogens is 2. The Balaban J connectivity index is 1.74. The number of carbonyl (C=O) groups is 1.